The van der Waals surface area contributed by atoms with Crippen molar-refractivity contribution in [2.75, 3.05) is 42.0 Å². The first kappa shape index (κ1) is 33.2. The van der Waals surface area contributed by atoms with Crippen LogP contribution in [0.5, 0.6) is 0 Å². The number of fused-ring (bicyclic) bond motifs is 2. The number of benzene rings is 3. The Hall–Kier alpha value is -1.27. The summed E-state index contributed by atoms with van der Waals surface area (Å²) in [7, 11) is -4.19. The molecular weight excluding hydrogens is 574 g/mol. The Morgan fingerprint density at radius 2 is 1.35 bits per heavy atom. The van der Waals surface area contributed by atoms with Crippen molar-refractivity contribution in [3.05, 3.63) is 99.8 Å². The van der Waals surface area contributed by atoms with Crippen molar-refractivity contribution >= 4 is 50.6 Å². The zero-order chi connectivity index (χ0) is 27.5. The van der Waals surface area contributed by atoms with Crippen LogP contribution in [0.3, 0.4) is 0 Å². The van der Waals surface area contributed by atoms with Gasteiger partial charge in [-0.05, 0) is 37.0 Å². The molecule has 3 aromatic rings. The molecule has 0 bridgehead atoms. The second kappa shape index (κ2) is 17.0. The van der Waals surface area contributed by atoms with Crippen LogP contribution >= 0.6 is 23.5 Å². The fourth-order valence-corrected chi connectivity index (χ4v) is 7.39. The van der Waals surface area contributed by atoms with Gasteiger partial charge in [-0.1, -0.05) is 66.7 Å². The molecule has 0 saturated heterocycles. The molecule has 10 heteroatoms. The van der Waals surface area contributed by atoms with Crippen molar-refractivity contribution in [2.45, 2.75) is 25.8 Å². The van der Waals surface area contributed by atoms with E-state index in [1.807, 2.05) is 6.07 Å². The second-order valence-electron chi connectivity index (χ2n) is 9.12. The van der Waals surface area contributed by atoms with Crippen LogP contribution in [0.4, 0.5) is 11.4 Å². The molecule has 0 amide bonds. The van der Waals surface area contributed by atoms with Gasteiger partial charge in [-0.25, -0.2) is 8.42 Å². The number of para-hydroxylation sites is 2. The first-order chi connectivity index (χ1) is 19.0. The van der Waals surface area contributed by atoms with E-state index < -0.39 is 10.1 Å². The molecule has 1 N–H and O–H groups in total. The number of rotatable bonds is 15. The Balaban J connectivity index is 0.00000441. The molecule has 0 aliphatic carbocycles. The minimum Gasteiger partial charge on any atom is -0.748 e. The molecular formula is C30H34NNaO5S3. The smallest absolute Gasteiger partial charge is 0.748 e. The van der Waals surface area contributed by atoms with Crippen LogP contribution in [0, 0.1) is 0 Å². The molecule has 0 radical (unpaired) electrons. The molecule has 1 aliphatic heterocycles. The number of hydrogen-bond acceptors (Lipinski definition) is 8. The molecule has 6 nitrogen and oxygen atoms in total. The summed E-state index contributed by atoms with van der Waals surface area (Å²) in [6.45, 7) is 1.70. The maximum absolute atomic E-state index is 10.7. The van der Waals surface area contributed by atoms with Crippen molar-refractivity contribution < 1.29 is 52.4 Å². The monoisotopic (exact) mass is 607 g/mol. The quantitative estimate of drug-likeness (QED) is 0.160. The standard InChI is InChI=1S/C30H35NO5S3.Na/c32-17-8-20-37-30(38-21-9-18-36-19-10-22-39(33,34)35)29-25-13-4-6-15-27(25)31(23-24-11-2-1-3-12-24)28-16-7-5-14-26(28)29;/h1-7,11-16,32H,8-10,17-23H2,(H,33,34,35);/q;+1/p-1. The maximum Gasteiger partial charge on any atom is 1.00 e. The first-order valence-electron chi connectivity index (χ1n) is 13.1. The fourth-order valence-electron chi connectivity index (χ4n) is 4.45. The topological polar surface area (TPSA) is 89.9 Å². The van der Waals surface area contributed by atoms with Crippen LogP contribution in [0.1, 0.15) is 36.0 Å². The van der Waals surface area contributed by atoms with Crippen LogP contribution in [0.2, 0.25) is 0 Å². The minimum atomic E-state index is -4.19. The molecule has 0 saturated carbocycles. The van der Waals surface area contributed by atoms with Crippen LogP contribution < -0.4 is 34.5 Å². The van der Waals surface area contributed by atoms with Crippen LogP contribution in [-0.4, -0.2) is 55.2 Å². The zero-order valence-electron chi connectivity index (χ0n) is 22.8. The molecule has 0 spiro atoms. The van der Waals surface area contributed by atoms with E-state index in [-0.39, 0.29) is 54.9 Å². The summed E-state index contributed by atoms with van der Waals surface area (Å²) in [6, 6.07) is 27.6. The van der Waals surface area contributed by atoms with Gasteiger partial charge in [-0.2, -0.15) is 0 Å². The first-order valence-corrected chi connectivity index (χ1v) is 16.6. The molecule has 1 heterocycles. The van der Waals surface area contributed by atoms with Gasteiger partial charge in [-0.15, -0.1) is 23.5 Å². The molecule has 0 unspecified atom stereocenters. The summed E-state index contributed by atoms with van der Waals surface area (Å²) in [5, 5.41) is 9.43. The average molecular weight is 608 g/mol. The predicted molar refractivity (Wildman–Crippen MR) is 162 cm³/mol. The Morgan fingerprint density at radius 1 is 0.800 bits per heavy atom. The summed E-state index contributed by atoms with van der Waals surface area (Å²) in [6.07, 6.45) is 1.74. The molecule has 40 heavy (non-hydrogen) atoms. The van der Waals surface area contributed by atoms with Crippen LogP contribution in [0.15, 0.2) is 83.1 Å². The molecule has 0 atom stereocenters. The Labute approximate surface area is 268 Å². The SMILES string of the molecule is O=S(=O)([O-])CCCOCCCSC(SCCCO)=C1c2ccccc2N(Cc2ccccc2)c2ccccc21.[Na+]. The maximum atomic E-state index is 10.7. The number of hydrogen-bond donors (Lipinski definition) is 1. The third kappa shape index (κ3) is 9.64. The van der Waals surface area contributed by atoms with Crippen molar-refractivity contribution in [1.29, 1.82) is 0 Å². The van der Waals surface area contributed by atoms with Crippen molar-refractivity contribution in [3.63, 3.8) is 0 Å². The van der Waals surface area contributed by atoms with E-state index in [1.165, 1.54) is 37.9 Å². The average Bonchev–Trinajstić information content (AvgIpc) is 2.94. The number of thioether (sulfide) groups is 2. The third-order valence-electron chi connectivity index (χ3n) is 6.20. The van der Waals surface area contributed by atoms with E-state index in [9.17, 15) is 18.1 Å². The van der Waals surface area contributed by atoms with Gasteiger partial charge in [-0.3, -0.25) is 0 Å². The normalized spacial score (nSPS) is 12.4. The van der Waals surface area contributed by atoms with Gasteiger partial charge in [0.1, 0.15) is 0 Å². The molecule has 4 rings (SSSR count). The second-order valence-corrected chi connectivity index (χ2v) is 13.1. The predicted octanol–water partition coefficient (Wildman–Crippen LogP) is 3.25. The Kier molecular flexibility index (Phi) is 14.1. The Bertz CT molecular complexity index is 1300. The Morgan fingerprint density at radius 3 is 1.95 bits per heavy atom. The zero-order valence-corrected chi connectivity index (χ0v) is 27.3. The summed E-state index contributed by atoms with van der Waals surface area (Å²) in [5.41, 5.74) is 7.21. The van der Waals surface area contributed by atoms with E-state index >= 15 is 0 Å². The minimum absolute atomic E-state index is 0. The molecule has 0 aromatic heterocycles. The summed E-state index contributed by atoms with van der Waals surface area (Å²) in [5.74, 6) is 1.27. The molecule has 0 fully saturated rings. The van der Waals surface area contributed by atoms with Gasteiger partial charge in [0.2, 0.25) is 0 Å². The van der Waals surface area contributed by atoms with Gasteiger partial charge >= 0.3 is 29.6 Å². The van der Waals surface area contributed by atoms with Crippen LogP contribution in [0.25, 0.3) is 5.57 Å². The number of aliphatic hydroxyl groups excluding tert-OH is 1. The van der Waals surface area contributed by atoms with Crippen molar-refractivity contribution in [2.24, 2.45) is 0 Å². The fraction of sp³-hybridized carbons (Fsp3) is 0.333. The van der Waals surface area contributed by atoms with Crippen molar-refractivity contribution in [3.8, 4) is 0 Å². The van der Waals surface area contributed by atoms with Crippen LogP contribution in [-0.2, 0) is 21.4 Å². The van der Waals surface area contributed by atoms with Gasteiger partial charge in [0.25, 0.3) is 0 Å². The van der Waals surface area contributed by atoms with E-state index in [4.69, 9.17) is 4.74 Å². The summed E-state index contributed by atoms with van der Waals surface area (Å²) in [4.78, 5) is 2.39. The molecule has 1 aliphatic rings. The number of anilines is 2. The van der Waals surface area contributed by atoms with E-state index in [0.29, 0.717) is 6.61 Å². The van der Waals surface area contributed by atoms with Crippen molar-refractivity contribution in [1.82, 2.24) is 0 Å². The largest absolute Gasteiger partial charge is 1.00 e. The van der Waals surface area contributed by atoms with Gasteiger partial charge < -0.3 is 19.3 Å². The third-order valence-corrected chi connectivity index (χ3v) is 9.61. The number of nitrogens with zero attached hydrogens (tertiary/aromatic N) is 1. The number of ether oxygens (including phenoxy) is 1. The summed E-state index contributed by atoms with van der Waals surface area (Å²) >= 11 is 3.58. The van der Waals surface area contributed by atoms with E-state index in [1.54, 1.807) is 23.5 Å². The molecule has 3 aromatic carbocycles. The van der Waals surface area contributed by atoms with E-state index in [0.717, 1.165) is 30.9 Å². The van der Waals surface area contributed by atoms with Gasteiger partial charge in [0, 0.05) is 75.9 Å². The number of aliphatic hydroxyl groups is 1. The van der Waals surface area contributed by atoms with Gasteiger partial charge in [0.15, 0.2) is 0 Å². The molecule has 208 valence electrons. The summed E-state index contributed by atoms with van der Waals surface area (Å²) < 4.78 is 39.0. The van der Waals surface area contributed by atoms with E-state index in [2.05, 4.69) is 77.7 Å². The van der Waals surface area contributed by atoms with Gasteiger partial charge in [0.05, 0.1) is 10.1 Å².